The van der Waals surface area contributed by atoms with Crippen molar-refractivity contribution in [1.29, 1.82) is 0 Å². The number of piperidine rings is 1. The van der Waals surface area contributed by atoms with Crippen molar-refractivity contribution in [1.82, 2.24) is 14.8 Å². The number of anilines is 1. The van der Waals surface area contributed by atoms with Gasteiger partial charge in [-0.1, -0.05) is 11.6 Å². The molecular weight excluding hydrogens is 380 g/mol. The molecule has 1 saturated heterocycles. The quantitative estimate of drug-likeness (QED) is 0.824. The van der Waals surface area contributed by atoms with E-state index in [1.165, 1.54) is 4.57 Å². The molecular formula is C20H23ClN4O3. The van der Waals surface area contributed by atoms with Gasteiger partial charge in [0.2, 0.25) is 0 Å². The Hall–Kier alpha value is -2.80. The Labute approximate surface area is 168 Å². The molecule has 1 fully saturated rings. The second kappa shape index (κ2) is 8.93. The van der Waals surface area contributed by atoms with Gasteiger partial charge >= 0.3 is 6.03 Å². The summed E-state index contributed by atoms with van der Waals surface area (Å²) in [5, 5.41) is 6.24. The van der Waals surface area contributed by atoms with Gasteiger partial charge in [0, 0.05) is 43.6 Å². The van der Waals surface area contributed by atoms with Crippen molar-refractivity contribution in [2.24, 2.45) is 13.0 Å². The number of hydrogen-bond acceptors (Lipinski definition) is 3. The topological polar surface area (TPSA) is 83.4 Å². The van der Waals surface area contributed by atoms with Gasteiger partial charge in [-0.2, -0.15) is 0 Å². The SMILES string of the molecule is Cn1cccc(C(=O)N2CCC(CNC(=O)Nc3ccc(Cl)cc3)CC2)c1=O. The van der Waals surface area contributed by atoms with Gasteiger partial charge < -0.3 is 20.1 Å². The molecule has 3 amide bonds. The zero-order valence-electron chi connectivity index (χ0n) is 15.7. The van der Waals surface area contributed by atoms with E-state index in [1.54, 1.807) is 54.5 Å². The van der Waals surface area contributed by atoms with Crippen LogP contribution in [0.25, 0.3) is 0 Å². The second-order valence-corrected chi connectivity index (χ2v) is 7.35. The first-order valence-corrected chi connectivity index (χ1v) is 9.57. The van der Waals surface area contributed by atoms with Crippen LogP contribution in [-0.2, 0) is 7.05 Å². The molecule has 0 saturated carbocycles. The number of aryl methyl sites for hydroxylation is 1. The first-order chi connectivity index (χ1) is 13.4. The van der Waals surface area contributed by atoms with Gasteiger partial charge in [-0.3, -0.25) is 9.59 Å². The molecule has 148 valence electrons. The van der Waals surface area contributed by atoms with Crippen LogP contribution in [0.15, 0.2) is 47.4 Å². The number of hydrogen-bond donors (Lipinski definition) is 2. The number of nitrogens with one attached hydrogen (secondary N) is 2. The third kappa shape index (κ3) is 4.92. The Bertz CT molecular complexity index is 902. The Balaban J connectivity index is 1.45. The van der Waals surface area contributed by atoms with Crippen molar-refractivity contribution in [2.75, 3.05) is 25.0 Å². The van der Waals surface area contributed by atoms with Crippen LogP contribution in [-0.4, -0.2) is 41.0 Å². The van der Waals surface area contributed by atoms with Crippen LogP contribution in [0.4, 0.5) is 10.5 Å². The van der Waals surface area contributed by atoms with Crippen molar-refractivity contribution in [3.05, 3.63) is 63.5 Å². The van der Waals surface area contributed by atoms with Crippen LogP contribution in [0.2, 0.25) is 5.02 Å². The molecule has 2 N–H and O–H groups in total. The summed E-state index contributed by atoms with van der Waals surface area (Å²) < 4.78 is 1.41. The van der Waals surface area contributed by atoms with Crippen LogP contribution in [0.3, 0.4) is 0 Å². The van der Waals surface area contributed by atoms with Crippen LogP contribution < -0.4 is 16.2 Å². The zero-order chi connectivity index (χ0) is 20.1. The lowest BCUT2D eigenvalue weighted by molar-refractivity contribution is 0.0688. The van der Waals surface area contributed by atoms with Crippen molar-refractivity contribution in [2.45, 2.75) is 12.8 Å². The van der Waals surface area contributed by atoms with Gasteiger partial charge in [0.15, 0.2) is 0 Å². The largest absolute Gasteiger partial charge is 0.338 e. The van der Waals surface area contributed by atoms with E-state index in [0.717, 1.165) is 12.8 Å². The number of benzene rings is 1. The van der Waals surface area contributed by atoms with E-state index < -0.39 is 0 Å². The van der Waals surface area contributed by atoms with Crippen molar-refractivity contribution >= 4 is 29.2 Å². The third-order valence-corrected chi connectivity index (χ3v) is 5.16. The molecule has 0 bridgehead atoms. The highest BCUT2D eigenvalue weighted by atomic mass is 35.5. The van der Waals surface area contributed by atoms with Gasteiger partial charge in [0.25, 0.3) is 11.5 Å². The molecule has 1 aromatic carbocycles. The lowest BCUT2D eigenvalue weighted by Crippen LogP contribution is -2.43. The standard InChI is InChI=1S/C20H23ClN4O3/c1-24-10-2-3-17(18(24)26)19(27)25-11-8-14(9-12-25)13-22-20(28)23-16-6-4-15(21)5-7-16/h2-7,10,14H,8-9,11-13H2,1H3,(H2,22,23,28). The van der Waals surface area contributed by atoms with Gasteiger partial charge in [0.05, 0.1) is 0 Å². The fraction of sp³-hybridized carbons (Fsp3) is 0.350. The highest BCUT2D eigenvalue weighted by Gasteiger charge is 2.25. The zero-order valence-corrected chi connectivity index (χ0v) is 16.4. The minimum Gasteiger partial charge on any atom is -0.338 e. The summed E-state index contributed by atoms with van der Waals surface area (Å²) in [6, 6.07) is 9.89. The number of urea groups is 1. The Morgan fingerprint density at radius 3 is 2.50 bits per heavy atom. The highest BCUT2D eigenvalue weighted by molar-refractivity contribution is 6.30. The molecule has 2 heterocycles. The summed E-state index contributed by atoms with van der Waals surface area (Å²) in [7, 11) is 1.63. The van der Waals surface area contributed by atoms with E-state index in [1.807, 2.05) is 0 Å². The van der Waals surface area contributed by atoms with E-state index in [0.29, 0.717) is 36.3 Å². The van der Waals surface area contributed by atoms with Gasteiger partial charge in [0.1, 0.15) is 5.56 Å². The maximum absolute atomic E-state index is 12.6. The molecule has 0 unspecified atom stereocenters. The van der Waals surface area contributed by atoms with E-state index in [2.05, 4.69) is 10.6 Å². The summed E-state index contributed by atoms with van der Waals surface area (Å²) in [6.45, 7) is 1.68. The molecule has 1 aliphatic rings. The minimum absolute atomic E-state index is 0.198. The summed E-state index contributed by atoms with van der Waals surface area (Å²) in [6.07, 6.45) is 3.19. The maximum Gasteiger partial charge on any atom is 0.319 e. The van der Waals surface area contributed by atoms with Crippen molar-refractivity contribution in [3.8, 4) is 0 Å². The molecule has 2 aromatic rings. The fourth-order valence-electron chi connectivity index (χ4n) is 3.22. The lowest BCUT2D eigenvalue weighted by atomic mass is 9.96. The number of aromatic nitrogens is 1. The third-order valence-electron chi connectivity index (χ3n) is 4.91. The molecule has 0 spiro atoms. The average molecular weight is 403 g/mol. The van der Waals surface area contributed by atoms with Gasteiger partial charge in [-0.25, -0.2) is 4.79 Å². The number of pyridine rings is 1. The van der Waals surface area contributed by atoms with E-state index in [4.69, 9.17) is 11.6 Å². The number of carbonyl (C=O) groups excluding carboxylic acids is 2. The number of amides is 3. The summed E-state index contributed by atoms with van der Waals surface area (Å²) in [4.78, 5) is 38.4. The van der Waals surface area contributed by atoms with Crippen molar-refractivity contribution < 1.29 is 9.59 Å². The number of halogens is 1. The predicted octanol–water partition coefficient (Wildman–Crippen LogP) is 2.71. The number of rotatable bonds is 4. The van der Waals surface area contributed by atoms with Gasteiger partial charge in [-0.05, 0) is 55.2 Å². The fourth-order valence-corrected chi connectivity index (χ4v) is 3.34. The summed E-state index contributed by atoms with van der Waals surface area (Å²) in [5.74, 6) is 0.0618. The molecule has 0 radical (unpaired) electrons. The monoisotopic (exact) mass is 402 g/mol. The van der Waals surface area contributed by atoms with E-state index in [-0.39, 0.29) is 23.1 Å². The van der Waals surface area contributed by atoms with Crippen LogP contribution in [0.1, 0.15) is 23.2 Å². The minimum atomic E-state index is -0.282. The molecule has 8 heteroatoms. The predicted molar refractivity (Wildman–Crippen MR) is 109 cm³/mol. The number of nitrogens with zero attached hydrogens (tertiary/aromatic N) is 2. The first kappa shape index (κ1) is 19.9. The number of carbonyl (C=O) groups is 2. The first-order valence-electron chi connectivity index (χ1n) is 9.19. The Morgan fingerprint density at radius 1 is 1.14 bits per heavy atom. The van der Waals surface area contributed by atoms with Crippen LogP contribution in [0, 0.1) is 5.92 Å². The molecule has 1 aromatic heterocycles. The molecule has 1 aliphatic heterocycles. The Morgan fingerprint density at radius 2 is 1.82 bits per heavy atom. The van der Waals surface area contributed by atoms with Crippen LogP contribution >= 0.6 is 11.6 Å². The van der Waals surface area contributed by atoms with Crippen molar-refractivity contribution in [3.63, 3.8) is 0 Å². The van der Waals surface area contributed by atoms with E-state index in [9.17, 15) is 14.4 Å². The molecule has 28 heavy (non-hydrogen) atoms. The Kier molecular flexibility index (Phi) is 6.36. The second-order valence-electron chi connectivity index (χ2n) is 6.92. The normalized spacial score (nSPS) is 14.6. The average Bonchev–Trinajstić information content (AvgIpc) is 2.70. The molecule has 0 atom stereocenters. The summed E-state index contributed by atoms with van der Waals surface area (Å²) >= 11 is 5.83. The maximum atomic E-state index is 12.6. The smallest absolute Gasteiger partial charge is 0.319 e. The molecule has 0 aliphatic carbocycles. The highest BCUT2D eigenvalue weighted by Crippen LogP contribution is 2.18. The van der Waals surface area contributed by atoms with Crippen LogP contribution in [0.5, 0.6) is 0 Å². The lowest BCUT2D eigenvalue weighted by Gasteiger charge is -2.32. The molecule has 7 nitrogen and oxygen atoms in total. The van der Waals surface area contributed by atoms with Gasteiger partial charge in [-0.15, -0.1) is 0 Å². The number of likely N-dealkylation sites (tertiary alicyclic amines) is 1. The molecule has 3 rings (SSSR count). The van der Waals surface area contributed by atoms with E-state index >= 15 is 0 Å². The summed E-state index contributed by atoms with van der Waals surface area (Å²) in [5.41, 5.74) is 0.589.